The van der Waals surface area contributed by atoms with Crippen LogP contribution in [0.5, 0.6) is 0 Å². The van der Waals surface area contributed by atoms with Crippen molar-refractivity contribution in [1.82, 2.24) is 9.88 Å². The Morgan fingerprint density at radius 2 is 1.70 bits per heavy atom. The van der Waals surface area contributed by atoms with Gasteiger partial charge < -0.3 is 14.0 Å². The molecular weight excluding hydrogens is 314 g/mol. The van der Waals surface area contributed by atoms with Crippen molar-refractivity contribution in [2.24, 2.45) is 0 Å². The Morgan fingerprint density at radius 1 is 1.09 bits per heavy atom. The highest BCUT2D eigenvalue weighted by Gasteiger charge is 2.51. The maximum atomic E-state index is 6.10. The summed E-state index contributed by atoms with van der Waals surface area (Å²) < 4.78 is 17.6. The second-order valence-corrected chi connectivity index (χ2v) is 7.10. The Balaban J connectivity index is 0.00000192. The number of rotatable bonds is 3. The van der Waals surface area contributed by atoms with Gasteiger partial charge >= 0.3 is 7.12 Å². The molecule has 0 amide bonds. The van der Waals surface area contributed by atoms with Crippen molar-refractivity contribution in [3.63, 3.8) is 0 Å². The van der Waals surface area contributed by atoms with Crippen molar-refractivity contribution < 1.29 is 14.0 Å². The Hall–Kier alpha value is -0.655. The summed E-state index contributed by atoms with van der Waals surface area (Å²) in [6, 6.07) is 2.14. The van der Waals surface area contributed by atoms with Crippen LogP contribution in [0.15, 0.2) is 18.5 Å². The van der Waals surface area contributed by atoms with Crippen LogP contribution in [-0.4, -0.2) is 54.5 Å². The van der Waals surface area contributed by atoms with Crippen molar-refractivity contribution in [3.8, 4) is 0 Å². The van der Waals surface area contributed by atoms with E-state index in [9.17, 15) is 0 Å². The predicted molar refractivity (Wildman–Crippen MR) is 93.3 cm³/mol. The van der Waals surface area contributed by atoms with Gasteiger partial charge in [-0.2, -0.15) is 0 Å². The Morgan fingerprint density at radius 3 is 2.30 bits per heavy atom. The van der Waals surface area contributed by atoms with Crippen molar-refractivity contribution in [2.75, 3.05) is 26.3 Å². The van der Waals surface area contributed by atoms with Crippen LogP contribution in [0.1, 0.15) is 33.3 Å². The zero-order valence-electron chi connectivity index (χ0n) is 14.4. The summed E-state index contributed by atoms with van der Waals surface area (Å²) in [5.74, 6) is 0. The molecule has 2 aliphatic heterocycles. The summed E-state index contributed by atoms with van der Waals surface area (Å²) in [6.07, 6.45) is 3.76. The molecule has 3 rings (SSSR count). The summed E-state index contributed by atoms with van der Waals surface area (Å²) >= 11 is 0. The third-order valence-corrected chi connectivity index (χ3v) is 4.85. The van der Waals surface area contributed by atoms with Crippen molar-refractivity contribution in [1.29, 1.82) is 0 Å². The van der Waals surface area contributed by atoms with Crippen LogP contribution in [0.25, 0.3) is 0 Å². The average molecular weight is 341 g/mol. The standard InChI is InChI=1S/C16H25BN2O3.ClH/c1-15(2)16(3,4)22-17(21-15)14-9-13(10-18-11-14)12-19-5-7-20-8-6-19;/h9-11H,5-8,12H2,1-4H3;1H. The summed E-state index contributed by atoms with van der Waals surface area (Å²) in [4.78, 5) is 6.76. The minimum absolute atomic E-state index is 0. The SMILES string of the molecule is CC1(C)OB(c2cncc(CN3CCOCC3)c2)OC1(C)C.Cl. The molecule has 0 spiro atoms. The molecule has 0 atom stereocenters. The highest BCUT2D eigenvalue weighted by atomic mass is 35.5. The molecule has 1 aromatic rings. The van der Waals surface area contributed by atoms with E-state index in [1.807, 2.05) is 12.4 Å². The monoisotopic (exact) mass is 340 g/mol. The van der Waals surface area contributed by atoms with Gasteiger partial charge in [0.1, 0.15) is 0 Å². The summed E-state index contributed by atoms with van der Waals surface area (Å²) in [5, 5.41) is 0. The Labute approximate surface area is 145 Å². The van der Waals surface area contributed by atoms with E-state index in [1.54, 1.807) is 0 Å². The fourth-order valence-electron chi connectivity index (χ4n) is 2.72. The molecule has 2 aliphatic rings. The molecule has 128 valence electrons. The first-order valence-electron chi connectivity index (χ1n) is 7.97. The molecular formula is C16H26BClN2O3. The topological polar surface area (TPSA) is 43.8 Å². The van der Waals surface area contributed by atoms with Crippen LogP contribution in [-0.2, 0) is 20.6 Å². The quantitative estimate of drug-likeness (QED) is 0.783. The van der Waals surface area contributed by atoms with Crippen LogP contribution in [0, 0.1) is 0 Å². The second kappa shape index (κ2) is 7.07. The molecule has 2 saturated heterocycles. The highest BCUT2D eigenvalue weighted by Crippen LogP contribution is 2.36. The molecule has 0 unspecified atom stereocenters. The molecule has 0 bridgehead atoms. The lowest BCUT2D eigenvalue weighted by molar-refractivity contribution is 0.00578. The minimum Gasteiger partial charge on any atom is -0.399 e. The van der Waals surface area contributed by atoms with Crippen molar-refractivity contribution in [2.45, 2.75) is 45.4 Å². The lowest BCUT2D eigenvalue weighted by Gasteiger charge is -2.32. The molecule has 5 nitrogen and oxygen atoms in total. The molecule has 3 heterocycles. The number of halogens is 1. The summed E-state index contributed by atoms with van der Waals surface area (Å²) in [5.41, 5.74) is 1.54. The average Bonchev–Trinajstić information content (AvgIpc) is 2.69. The van der Waals surface area contributed by atoms with Crippen LogP contribution < -0.4 is 5.46 Å². The molecule has 0 aliphatic carbocycles. The van der Waals surface area contributed by atoms with E-state index in [-0.39, 0.29) is 30.7 Å². The van der Waals surface area contributed by atoms with Crippen molar-refractivity contribution in [3.05, 3.63) is 24.0 Å². The first-order chi connectivity index (χ1) is 10.4. The van der Waals surface area contributed by atoms with E-state index in [0.29, 0.717) is 0 Å². The first kappa shape index (κ1) is 18.7. The molecule has 2 fully saturated rings. The number of morpholine rings is 1. The number of hydrogen-bond donors (Lipinski definition) is 0. The minimum atomic E-state index is -0.345. The Bertz CT molecular complexity index is 520. The zero-order valence-corrected chi connectivity index (χ0v) is 15.2. The molecule has 0 aromatic carbocycles. The number of aromatic nitrogens is 1. The zero-order chi connectivity index (χ0) is 15.8. The molecule has 0 radical (unpaired) electrons. The lowest BCUT2D eigenvalue weighted by Crippen LogP contribution is -2.41. The predicted octanol–water partition coefficient (Wildman–Crippen LogP) is 1.63. The maximum Gasteiger partial charge on any atom is 0.496 e. The Kier molecular flexibility index (Phi) is 5.74. The van der Waals surface area contributed by atoms with Gasteiger partial charge in [0.05, 0.1) is 24.4 Å². The molecule has 1 aromatic heterocycles. The van der Waals surface area contributed by atoms with Gasteiger partial charge in [0.15, 0.2) is 0 Å². The number of pyridine rings is 1. The molecule has 0 saturated carbocycles. The smallest absolute Gasteiger partial charge is 0.399 e. The van der Waals surface area contributed by atoms with Gasteiger partial charge in [-0.3, -0.25) is 9.88 Å². The van der Waals surface area contributed by atoms with Crippen LogP contribution in [0.4, 0.5) is 0 Å². The van der Waals surface area contributed by atoms with Gasteiger partial charge in [-0.05, 0) is 33.3 Å². The van der Waals surface area contributed by atoms with Gasteiger partial charge in [-0.25, -0.2) is 0 Å². The van der Waals surface area contributed by atoms with Gasteiger partial charge in [0.25, 0.3) is 0 Å². The van der Waals surface area contributed by atoms with E-state index in [0.717, 1.165) is 38.3 Å². The van der Waals surface area contributed by atoms with E-state index < -0.39 is 0 Å². The normalized spacial score (nSPS) is 23.6. The van der Waals surface area contributed by atoms with Gasteiger partial charge in [-0.1, -0.05) is 6.07 Å². The third-order valence-electron chi connectivity index (χ3n) is 4.85. The van der Waals surface area contributed by atoms with Gasteiger partial charge in [0, 0.05) is 37.5 Å². The number of ether oxygens (including phenoxy) is 1. The fourth-order valence-corrected chi connectivity index (χ4v) is 2.72. The largest absolute Gasteiger partial charge is 0.496 e. The van der Waals surface area contributed by atoms with E-state index in [1.165, 1.54) is 5.56 Å². The summed E-state index contributed by atoms with van der Waals surface area (Å²) in [7, 11) is -0.345. The van der Waals surface area contributed by atoms with Crippen LogP contribution >= 0.6 is 12.4 Å². The first-order valence-corrected chi connectivity index (χ1v) is 7.97. The summed E-state index contributed by atoms with van der Waals surface area (Å²) in [6.45, 7) is 12.7. The van der Waals surface area contributed by atoms with E-state index >= 15 is 0 Å². The lowest BCUT2D eigenvalue weighted by atomic mass is 9.80. The molecule has 23 heavy (non-hydrogen) atoms. The van der Waals surface area contributed by atoms with E-state index in [2.05, 4.69) is 43.6 Å². The van der Waals surface area contributed by atoms with Crippen LogP contribution in [0.3, 0.4) is 0 Å². The van der Waals surface area contributed by atoms with Gasteiger partial charge in [0.2, 0.25) is 0 Å². The highest BCUT2D eigenvalue weighted by molar-refractivity contribution is 6.62. The molecule has 7 heteroatoms. The van der Waals surface area contributed by atoms with Crippen LogP contribution in [0.2, 0.25) is 0 Å². The van der Waals surface area contributed by atoms with Crippen molar-refractivity contribution >= 4 is 25.0 Å². The van der Waals surface area contributed by atoms with E-state index in [4.69, 9.17) is 14.0 Å². The number of hydrogen-bond acceptors (Lipinski definition) is 5. The number of nitrogens with zero attached hydrogens (tertiary/aromatic N) is 2. The maximum absolute atomic E-state index is 6.10. The third kappa shape index (κ3) is 4.06. The molecule has 0 N–H and O–H groups in total. The second-order valence-electron chi connectivity index (χ2n) is 7.10. The van der Waals surface area contributed by atoms with Gasteiger partial charge in [-0.15, -0.1) is 12.4 Å². The fraction of sp³-hybridized carbons (Fsp3) is 0.688.